The number of pyridine rings is 1. The number of carbonyl (C=O) groups is 2. The lowest BCUT2D eigenvalue weighted by molar-refractivity contribution is -0.139. The fourth-order valence-electron chi connectivity index (χ4n) is 2.10. The standard InChI is InChI=1S/C18H20N2O5/c1-11(2)25-15-5-4-8-19-17(15)18(23)20-14-7-6-13(9-12(14)3)24-10-16(21)22/h4-9,11H,10H2,1-3H3,(H,20,23)(H,21,22). The number of hydrogen-bond acceptors (Lipinski definition) is 5. The molecule has 1 aromatic carbocycles. The van der Waals surface area contributed by atoms with Gasteiger partial charge in [0.25, 0.3) is 5.91 Å². The van der Waals surface area contributed by atoms with Crippen LogP contribution in [0.3, 0.4) is 0 Å². The summed E-state index contributed by atoms with van der Waals surface area (Å²) in [6.07, 6.45) is 1.45. The zero-order valence-electron chi connectivity index (χ0n) is 14.3. The Bertz CT molecular complexity index is 774. The van der Waals surface area contributed by atoms with Crippen LogP contribution in [0.15, 0.2) is 36.5 Å². The molecule has 2 aromatic rings. The molecule has 0 aliphatic carbocycles. The molecule has 0 radical (unpaired) electrons. The predicted molar refractivity (Wildman–Crippen MR) is 92.3 cm³/mol. The van der Waals surface area contributed by atoms with E-state index in [4.69, 9.17) is 14.6 Å². The highest BCUT2D eigenvalue weighted by Gasteiger charge is 2.16. The molecule has 2 N–H and O–H groups in total. The molecule has 132 valence electrons. The van der Waals surface area contributed by atoms with E-state index in [1.807, 2.05) is 13.8 Å². The minimum Gasteiger partial charge on any atom is -0.489 e. The Morgan fingerprint density at radius 1 is 1.28 bits per heavy atom. The molecule has 1 heterocycles. The Balaban J connectivity index is 2.14. The van der Waals surface area contributed by atoms with Gasteiger partial charge in [-0.25, -0.2) is 9.78 Å². The Kier molecular flexibility index (Phi) is 5.94. The SMILES string of the molecule is Cc1cc(OCC(=O)O)ccc1NC(=O)c1ncccc1OC(C)C. The van der Waals surface area contributed by atoms with Crippen LogP contribution in [0.1, 0.15) is 29.9 Å². The van der Waals surface area contributed by atoms with Gasteiger partial charge in [-0.05, 0) is 56.7 Å². The third kappa shape index (κ3) is 5.20. The van der Waals surface area contributed by atoms with Crippen molar-refractivity contribution in [1.29, 1.82) is 0 Å². The van der Waals surface area contributed by atoms with Gasteiger partial charge in [-0.3, -0.25) is 4.79 Å². The van der Waals surface area contributed by atoms with Gasteiger partial charge in [0.2, 0.25) is 0 Å². The molecule has 7 heteroatoms. The number of carboxylic acids is 1. The van der Waals surface area contributed by atoms with Crippen LogP contribution in [0, 0.1) is 6.92 Å². The molecule has 7 nitrogen and oxygen atoms in total. The third-order valence-electron chi connectivity index (χ3n) is 3.16. The summed E-state index contributed by atoms with van der Waals surface area (Å²) in [5, 5.41) is 11.4. The summed E-state index contributed by atoms with van der Waals surface area (Å²) in [5.74, 6) is -0.616. The quantitative estimate of drug-likeness (QED) is 0.801. The maximum Gasteiger partial charge on any atom is 0.341 e. The molecule has 0 saturated heterocycles. The zero-order valence-corrected chi connectivity index (χ0v) is 14.3. The fourth-order valence-corrected chi connectivity index (χ4v) is 2.10. The topological polar surface area (TPSA) is 97.8 Å². The Morgan fingerprint density at radius 3 is 2.68 bits per heavy atom. The molecule has 1 aromatic heterocycles. The fraction of sp³-hybridized carbons (Fsp3) is 0.278. The van der Waals surface area contributed by atoms with E-state index in [1.54, 1.807) is 37.3 Å². The number of aryl methyl sites for hydroxylation is 1. The highest BCUT2D eigenvalue weighted by atomic mass is 16.5. The van der Waals surface area contributed by atoms with Gasteiger partial charge >= 0.3 is 5.97 Å². The lowest BCUT2D eigenvalue weighted by atomic mass is 10.2. The Labute approximate surface area is 145 Å². The van der Waals surface area contributed by atoms with Crippen molar-refractivity contribution in [3.8, 4) is 11.5 Å². The van der Waals surface area contributed by atoms with Gasteiger partial charge in [0.05, 0.1) is 6.10 Å². The number of nitrogens with one attached hydrogen (secondary N) is 1. The van der Waals surface area contributed by atoms with E-state index in [2.05, 4.69) is 10.3 Å². The number of hydrogen-bond donors (Lipinski definition) is 2. The third-order valence-corrected chi connectivity index (χ3v) is 3.16. The van der Waals surface area contributed by atoms with Crippen LogP contribution in [0.2, 0.25) is 0 Å². The predicted octanol–water partition coefficient (Wildman–Crippen LogP) is 2.89. The number of nitrogens with zero attached hydrogens (tertiary/aromatic N) is 1. The smallest absolute Gasteiger partial charge is 0.341 e. The number of benzene rings is 1. The number of carbonyl (C=O) groups excluding carboxylic acids is 1. The molecule has 0 fully saturated rings. The second kappa shape index (κ2) is 8.14. The molecule has 0 bridgehead atoms. The van der Waals surface area contributed by atoms with Crippen LogP contribution < -0.4 is 14.8 Å². The molecule has 0 unspecified atom stereocenters. The van der Waals surface area contributed by atoms with Crippen molar-refractivity contribution in [2.75, 3.05) is 11.9 Å². The van der Waals surface area contributed by atoms with E-state index in [0.29, 0.717) is 17.2 Å². The summed E-state index contributed by atoms with van der Waals surface area (Å²) >= 11 is 0. The Hall–Kier alpha value is -3.09. The van der Waals surface area contributed by atoms with Crippen molar-refractivity contribution < 1.29 is 24.2 Å². The number of aliphatic carboxylic acids is 1. The molecular formula is C18H20N2O5. The van der Waals surface area contributed by atoms with Gasteiger partial charge < -0.3 is 19.9 Å². The summed E-state index contributed by atoms with van der Waals surface area (Å²) in [6, 6.07) is 8.29. The van der Waals surface area contributed by atoms with Crippen molar-refractivity contribution in [3.05, 3.63) is 47.8 Å². The van der Waals surface area contributed by atoms with Crippen LogP contribution in [0.25, 0.3) is 0 Å². The van der Waals surface area contributed by atoms with Gasteiger partial charge in [-0.1, -0.05) is 0 Å². The maximum atomic E-state index is 12.5. The molecule has 0 spiro atoms. The van der Waals surface area contributed by atoms with Crippen LogP contribution in [0.4, 0.5) is 5.69 Å². The average molecular weight is 344 g/mol. The Morgan fingerprint density at radius 2 is 2.04 bits per heavy atom. The number of aromatic nitrogens is 1. The number of carboxylic acid groups (broad SMARTS) is 1. The maximum absolute atomic E-state index is 12.5. The summed E-state index contributed by atoms with van der Waals surface area (Å²) in [4.78, 5) is 27.1. The summed E-state index contributed by atoms with van der Waals surface area (Å²) in [7, 11) is 0. The highest BCUT2D eigenvalue weighted by Crippen LogP contribution is 2.23. The largest absolute Gasteiger partial charge is 0.489 e. The second-order valence-electron chi connectivity index (χ2n) is 5.63. The van der Waals surface area contributed by atoms with Gasteiger partial charge in [0.1, 0.15) is 5.75 Å². The average Bonchev–Trinajstić information content (AvgIpc) is 2.55. The monoisotopic (exact) mass is 344 g/mol. The van der Waals surface area contributed by atoms with E-state index in [9.17, 15) is 9.59 Å². The molecule has 25 heavy (non-hydrogen) atoms. The summed E-state index contributed by atoms with van der Waals surface area (Å²) in [6.45, 7) is 5.10. The first-order valence-corrected chi connectivity index (χ1v) is 7.75. The molecule has 0 atom stereocenters. The van der Waals surface area contributed by atoms with Gasteiger partial charge in [0.15, 0.2) is 18.1 Å². The van der Waals surface area contributed by atoms with Crippen molar-refractivity contribution in [2.45, 2.75) is 26.9 Å². The molecule has 0 aliphatic rings. The lowest BCUT2D eigenvalue weighted by Crippen LogP contribution is -2.17. The first-order valence-electron chi connectivity index (χ1n) is 7.75. The first-order chi connectivity index (χ1) is 11.9. The summed E-state index contributed by atoms with van der Waals surface area (Å²) in [5.41, 5.74) is 1.51. The van der Waals surface area contributed by atoms with Crippen LogP contribution in [0.5, 0.6) is 11.5 Å². The normalized spacial score (nSPS) is 10.4. The van der Waals surface area contributed by atoms with Crippen molar-refractivity contribution in [1.82, 2.24) is 4.98 Å². The van der Waals surface area contributed by atoms with Gasteiger partial charge in [-0.2, -0.15) is 0 Å². The van der Waals surface area contributed by atoms with E-state index in [1.165, 1.54) is 6.20 Å². The zero-order chi connectivity index (χ0) is 18.4. The van der Waals surface area contributed by atoms with E-state index in [0.717, 1.165) is 5.56 Å². The number of rotatable bonds is 7. The van der Waals surface area contributed by atoms with Crippen molar-refractivity contribution >= 4 is 17.6 Å². The lowest BCUT2D eigenvalue weighted by Gasteiger charge is -2.14. The molecule has 0 saturated carbocycles. The van der Waals surface area contributed by atoms with Crippen molar-refractivity contribution in [2.24, 2.45) is 0 Å². The van der Waals surface area contributed by atoms with Gasteiger partial charge in [-0.15, -0.1) is 0 Å². The van der Waals surface area contributed by atoms with Crippen LogP contribution in [-0.4, -0.2) is 34.7 Å². The molecule has 2 rings (SSSR count). The van der Waals surface area contributed by atoms with E-state index in [-0.39, 0.29) is 11.8 Å². The van der Waals surface area contributed by atoms with Crippen molar-refractivity contribution in [3.63, 3.8) is 0 Å². The number of anilines is 1. The second-order valence-corrected chi connectivity index (χ2v) is 5.63. The molecule has 1 amide bonds. The minimum absolute atomic E-state index is 0.0804. The highest BCUT2D eigenvalue weighted by molar-refractivity contribution is 6.05. The van der Waals surface area contributed by atoms with Crippen LogP contribution >= 0.6 is 0 Å². The summed E-state index contributed by atoms with van der Waals surface area (Å²) < 4.78 is 10.7. The number of ether oxygens (including phenoxy) is 2. The molecule has 0 aliphatic heterocycles. The van der Waals surface area contributed by atoms with Gasteiger partial charge in [0, 0.05) is 11.9 Å². The minimum atomic E-state index is -1.05. The first kappa shape index (κ1) is 18.3. The van der Waals surface area contributed by atoms with E-state index >= 15 is 0 Å². The number of amides is 1. The molecular weight excluding hydrogens is 324 g/mol. The van der Waals surface area contributed by atoms with E-state index < -0.39 is 18.5 Å². The van der Waals surface area contributed by atoms with Crippen LogP contribution in [-0.2, 0) is 4.79 Å².